The normalized spacial score (nSPS) is 11.2. The summed E-state index contributed by atoms with van der Waals surface area (Å²) in [6.45, 7) is 2.60. The van der Waals surface area contributed by atoms with E-state index in [1.165, 1.54) is 11.8 Å². The first kappa shape index (κ1) is 21.1. The van der Waals surface area contributed by atoms with Crippen molar-refractivity contribution in [3.05, 3.63) is 57.5 Å². The smallest absolute Gasteiger partial charge is 0.234 e. The molecule has 4 rings (SSSR count). The second-order valence-corrected chi connectivity index (χ2v) is 8.50. The van der Waals surface area contributed by atoms with Crippen molar-refractivity contribution < 1.29 is 9.21 Å². The zero-order valence-corrected chi connectivity index (χ0v) is 18.7. The third-order valence-electron chi connectivity index (χ3n) is 4.27. The van der Waals surface area contributed by atoms with Gasteiger partial charge in [0.15, 0.2) is 10.9 Å². The number of carbonyl (C=O) groups is 1. The van der Waals surface area contributed by atoms with E-state index in [9.17, 15) is 4.79 Å². The fraction of sp³-hybridized carbons (Fsp3) is 0.150. The van der Waals surface area contributed by atoms with Crippen LogP contribution >= 0.6 is 46.6 Å². The first-order valence-corrected chi connectivity index (χ1v) is 11.1. The van der Waals surface area contributed by atoms with Crippen LogP contribution < -0.4 is 5.32 Å². The quantitative estimate of drug-likeness (QED) is 0.322. The van der Waals surface area contributed by atoms with E-state index in [1.807, 2.05) is 29.7 Å². The lowest BCUT2D eigenvalue weighted by Gasteiger charge is -2.07. The van der Waals surface area contributed by atoms with E-state index in [4.69, 9.17) is 39.2 Å². The van der Waals surface area contributed by atoms with Gasteiger partial charge in [0.25, 0.3) is 0 Å². The second kappa shape index (κ2) is 8.89. The van der Waals surface area contributed by atoms with Gasteiger partial charge in [0, 0.05) is 22.6 Å². The summed E-state index contributed by atoms with van der Waals surface area (Å²) in [5.41, 5.74) is 1.30. The maximum atomic E-state index is 12.3. The Bertz CT molecular complexity index is 1240. The Morgan fingerprint density at radius 2 is 1.93 bits per heavy atom. The molecule has 0 saturated heterocycles. The summed E-state index contributed by atoms with van der Waals surface area (Å²) in [6.07, 6.45) is 0. The molecule has 4 aromatic rings. The minimum absolute atomic E-state index is 0.161. The van der Waals surface area contributed by atoms with Crippen molar-refractivity contribution in [2.24, 2.45) is 0 Å². The van der Waals surface area contributed by atoms with E-state index in [0.717, 1.165) is 11.0 Å². The topological polar surface area (TPSA) is 73.0 Å². The molecule has 0 unspecified atom stereocenters. The maximum Gasteiger partial charge on any atom is 0.234 e. The summed E-state index contributed by atoms with van der Waals surface area (Å²) in [4.78, 5) is 12.3. The van der Waals surface area contributed by atoms with E-state index in [2.05, 4.69) is 15.5 Å². The molecule has 154 valence electrons. The number of anilines is 1. The van der Waals surface area contributed by atoms with Crippen LogP contribution in [0.1, 0.15) is 6.92 Å². The van der Waals surface area contributed by atoms with Crippen molar-refractivity contribution in [3.63, 3.8) is 0 Å². The number of benzene rings is 2. The Morgan fingerprint density at radius 3 is 2.70 bits per heavy atom. The van der Waals surface area contributed by atoms with Gasteiger partial charge in [-0.15, -0.1) is 10.2 Å². The van der Waals surface area contributed by atoms with Gasteiger partial charge in [-0.3, -0.25) is 9.36 Å². The zero-order chi connectivity index (χ0) is 21.3. The van der Waals surface area contributed by atoms with Gasteiger partial charge in [0.05, 0.1) is 15.8 Å². The number of nitrogens with zero attached hydrogens (tertiary/aromatic N) is 3. The third kappa shape index (κ3) is 4.44. The summed E-state index contributed by atoms with van der Waals surface area (Å²) < 4.78 is 7.80. The van der Waals surface area contributed by atoms with Gasteiger partial charge < -0.3 is 9.73 Å². The number of rotatable bonds is 6. The number of carbonyl (C=O) groups excluding carboxylic acids is 1. The second-order valence-electron chi connectivity index (χ2n) is 6.31. The molecule has 1 amide bonds. The van der Waals surface area contributed by atoms with Crippen molar-refractivity contribution in [2.45, 2.75) is 18.6 Å². The van der Waals surface area contributed by atoms with Crippen molar-refractivity contribution in [1.82, 2.24) is 14.8 Å². The number of hydrogen-bond acceptors (Lipinski definition) is 5. The molecule has 0 aliphatic rings. The molecule has 0 spiro atoms. The van der Waals surface area contributed by atoms with Crippen LogP contribution in [0.4, 0.5) is 5.69 Å². The number of nitrogens with one attached hydrogen (secondary N) is 1. The van der Waals surface area contributed by atoms with E-state index < -0.39 is 0 Å². The highest BCUT2D eigenvalue weighted by Crippen LogP contribution is 2.31. The molecule has 0 atom stereocenters. The minimum Gasteiger partial charge on any atom is -0.453 e. The molecule has 2 aromatic heterocycles. The molecule has 30 heavy (non-hydrogen) atoms. The Hall–Kier alpha value is -2.19. The summed E-state index contributed by atoms with van der Waals surface area (Å²) >= 11 is 19.2. The van der Waals surface area contributed by atoms with E-state index in [1.54, 1.807) is 24.3 Å². The molecule has 6 nitrogen and oxygen atoms in total. The van der Waals surface area contributed by atoms with E-state index in [0.29, 0.717) is 44.0 Å². The van der Waals surface area contributed by atoms with E-state index >= 15 is 0 Å². The lowest BCUT2D eigenvalue weighted by atomic mass is 10.2. The first-order valence-electron chi connectivity index (χ1n) is 8.95. The van der Waals surface area contributed by atoms with Gasteiger partial charge in [-0.05, 0) is 49.4 Å². The lowest BCUT2D eigenvalue weighted by Crippen LogP contribution is -2.14. The van der Waals surface area contributed by atoms with Crippen LogP contribution in [0.15, 0.2) is 52.0 Å². The number of amides is 1. The van der Waals surface area contributed by atoms with Crippen LogP contribution in [0.3, 0.4) is 0 Å². The molecule has 1 N–H and O–H groups in total. The molecule has 0 aliphatic heterocycles. The highest BCUT2D eigenvalue weighted by atomic mass is 35.5. The van der Waals surface area contributed by atoms with Gasteiger partial charge in [0.1, 0.15) is 5.58 Å². The van der Waals surface area contributed by atoms with Crippen LogP contribution in [0, 0.1) is 0 Å². The van der Waals surface area contributed by atoms with Gasteiger partial charge in [-0.2, -0.15) is 0 Å². The Morgan fingerprint density at radius 1 is 1.10 bits per heavy atom. The van der Waals surface area contributed by atoms with Crippen molar-refractivity contribution >= 4 is 69.1 Å². The largest absolute Gasteiger partial charge is 0.453 e. The molecular formula is C20H15Cl3N4O2S. The molecule has 2 heterocycles. The Balaban J connectivity index is 1.49. The molecule has 10 heteroatoms. The fourth-order valence-electron chi connectivity index (χ4n) is 2.89. The highest BCUT2D eigenvalue weighted by Gasteiger charge is 2.18. The number of furan rings is 1. The molecule has 0 aliphatic carbocycles. The van der Waals surface area contributed by atoms with Crippen LogP contribution in [-0.4, -0.2) is 26.4 Å². The van der Waals surface area contributed by atoms with Crippen LogP contribution in [-0.2, 0) is 11.3 Å². The molecule has 0 radical (unpaired) electrons. The lowest BCUT2D eigenvalue weighted by molar-refractivity contribution is -0.113. The highest BCUT2D eigenvalue weighted by molar-refractivity contribution is 7.99. The monoisotopic (exact) mass is 480 g/mol. The predicted octanol–water partition coefficient (Wildman–Crippen LogP) is 6.40. The average molecular weight is 482 g/mol. The van der Waals surface area contributed by atoms with Crippen molar-refractivity contribution in [2.75, 3.05) is 11.1 Å². The molecule has 0 fully saturated rings. The summed E-state index contributed by atoms with van der Waals surface area (Å²) in [5.74, 6) is 1.16. The Labute approximate surface area is 191 Å². The van der Waals surface area contributed by atoms with E-state index in [-0.39, 0.29) is 11.7 Å². The minimum atomic E-state index is -0.191. The molecular weight excluding hydrogens is 467 g/mol. The predicted molar refractivity (Wildman–Crippen MR) is 122 cm³/mol. The van der Waals surface area contributed by atoms with Gasteiger partial charge in [0.2, 0.25) is 11.7 Å². The van der Waals surface area contributed by atoms with Crippen molar-refractivity contribution in [3.8, 4) is 11.6 Å². The summed E-state index contributed by atoms with van der Waals surface area (Å²) in [6, 6.07) is 12.2. The number of aromatic nitrogens is 3. The molecule has 0 bridgehead atoms. The number of hydrogen-bond donors (Lipinski definition) is 1. The molecule has 2 aromatic carbocycles. The Kier molecular flexibility index (Phi) is 6.24. The number of halogens is 3. The number of thioether (sulfide) groups is 1. The van der Waals surface area contributed by atoms with Gasteiger partial charge in [-0.1, -0.05) is 46.6 Å². The van der Waals surface area contributed by atoms with Gasteiger partial charge >= 0.3 is 0 Å². The first-order chi connectivity index (χ1) is 14.4. The SMILES string of the molecule is CCn1c(SCC(=O)Nc2ccc(Cl)c(Cl)c2)nnc1-c1cc2cc(Cl)ccc2o1. The van der Waals surface area contributed by atoms with Crippen LogP contribution in [0.25, 0.3) is 22.6 Å². The van der Waals surface area contributed by atoms with Crippen LogP contribution in [0.2, 0.25) is 15.1 Å². The summed E-state index contributed by atoms with van der Waals surface area (Å²) in [7, 11) is 0. The standard InChI is InChI=1S/C20H15Cl3N4O2S/c1-2-27-19(17-8-11-7-12(21)3-6-16(11)29-17)25-26-20(27)30-10-18(28)24-13-4-5-14(22)15(23)9-13/h3-9H,2,10H2,1H3,(H,24,28). The maximum absolute atomic E-state index is 12.3. The van der Waals surface area contributed by atoms with Gasteiger partial charge in [-0.25, -0.2) is 0 Å². The molecule has 0 saturated carbocycles. The average Bonchev–Trinajstić information content (AvgIpc) is 3.32. The van der Waals surface area contributed by atoms with Crippen molar-refractivity contribution in [1.29, 1.82) is 0 Å². The summed E-state index contributed by atoms with van der Waals surface area (Å²) in [5, 5.41) is 14.2. The number of fused-ring (bicyclic) bond motifs is 1. The zero-order valence-electron chi connectivity index (χ0n) is 15.7. The fourth-order valence-corrected chi connectivity index (χ4v) is 4.17. The van der Waals surface area contributed by atoms with Crippen LogP contribution in [0.5, 0.6) is 0 Å². The third-order valence-corrected chi connectivity index (χ3v) is 6.21.